The number of alkyl carbamates (subject to hydrolysis) is 1. The van der Waals surface area contributed by atoms with Crippen LogP contribution in [-0.2, 0) is 14.0 Å². The Bertz CT molecular complexity index is 1190. The van der Waals surface area contributed by atoms with Crippen LogP contribution in [0.1, 0.15) is 50.4 Å². The minimum atomic E-state index is -0.600. The third-order valence-corrected chi connectivity index (χ3v) is 7.20. The fraction of sp³-hybridized carbons (Fsp3) is 0.333. The Morgan fingerprint density at radius 3 is 2.23 bits per heavy atom. The Kier molecular flexibility index (Phi) is 6.03. The molecule has 35 heavy (non-hydrogen) atoms. The van der Waals surface area contributed by atoms with Crippen molar-refractivity contribution in [2.75, 3.05) is 13.2 Å². The molecule has 0 spiro atoms. The van der Waals surface area contributed by atoms with Crippen LogP contribution in [-0.4, -0.2) is 47.5 Å². The Labute approximate surface area is 206 Å². The highest BCUT2D eigenvalue weighted by atomic mass is 16.7. The standard InChI is InChI=1S/C27H30BN3O4/c1-26(2)27(3,4)35-28(34-26)18(13-19-15-29-17-31-19)14-30-25(32)33-16-24-22-11-7-5-9-20(22)21-10-6-8-12-23(21)24/h5-13,15,17,24H,14,16H2,1-4H3,(H,29,31)(H,30,32). The zero-order chi connectivity index (χ0) is 24.6. The zero-order valence-corrected chi connectivity index (χ0v) is 20.5. The van der Waals surface area contributed by atoms with E-state index in [1.165, 1.54) is 22.3 Å². The minimum Gasteiger partial charge on any atom is -0.449 e. The quantitative estimate of drug-likeness (QED) is 0.497. The number of hydrogen-bond donors (Lipinski definition) is 2. The molecule has 180 valence electrons. The Morgan fingerprint density at radius 2 is 1.66 bits per heavy atom. The predicted octanol–water partition coefficient (Wildman–Crippen LogP) is 4.96. The maximum Gasteiger partial charge on any atom is 0.492 e. The number of aromatic nitrogens is 2. The van der Waals surface area contributed by atoms with Gasteiger partial charge in [-0.2, -0.15) is 0 Å². The van der Waals surface area contributed by atoms with Gasteiger partial charge in [-0.15, -0.1) is 0 Å². The minimum absolute atomic E-state index is 0.0104. The highest BCUT2D eigenvalue weighted by Gasteiger charge is 2.52. The molecule has 0 bridgehead atoms. The summed E-state index contributed by atoms with van der Waals surface area (Å²) in [6, 6.07) is 16.6. The van der Waals surface area contributed by atoms with Gasteiger partial charge in [0.2, 0.25) is 0 Å². The lowest BCUT2D eigenvalue weighted by Gasteiger charge is -2.32. The van der Waals surface area contributed by atoms with Crippen LogP contribution in [0.15, 0.2) is 66.5 Å². The van der Waals surface area contributed by atoms with E-state index in [1.807, 2.05) is 58.0 Å². The van der Waals surface area contributed by atoms with Crippen LogP contribution in [0.3, 0.4) is 0 Å². The summed E-state index contributed by atoms with van der Waals surface area (Å²) in [5, 5.41) is 2.87. The van der Waals surface area contributed by atoms with Gasteiger partial charge in [0.1, 0.15) is 6.61 Å². The van der Waals surface area contributed by atoms with Crippen LogP contribution in [0.4, 0.5) is 4.79 Å². The predicted molar refractivity (Wildman–Crippen MR) is 136 cm³/mol. The summed E-state index contributed by atoms with van der Waals surface area (Å²) < 4.78 is 18.1. The van der Waals surface area contributed by atoms with Gasteiger partial charge >= 0.3 is 13.2 Å². The second kappa shape index (κ2) is 9.02. The summed E-state index contributed by atoms with van der Waals surface area (Å²) in [5.41, 5.74) is 5.33. The fourth-order valence-electron chi connectivity index (χ4n) is 4.57. The molecule has 1 saturated heterocycles. The number of ether oxygens (including phenoxy) is 1. The highest BCUT2D eigenvalue weighted by molar-refractivity contribution is 6.56. The third-order valence-electron chi connectivity index (χ3n) is 7.20. The van der Waals surface area contributed by atoms with Crippen LogP contribution < -0.4 is 5.32 Å². The molecule has 0 unspecified atom stereocenters. The molecule has 2 heterocycles. The number of amides is 1. The number of aromatic amines is 1. The van der Waals surface area contributed by atoms with Crippen LogP contribution in [0, 0.1) is 0 Å². The lowest BCUT2D eigenvalue weighted by atomic mass is 9.77. The van der Waals surface area contributed by atoms with Crippen LogP contribution in [0.25, 0.3) is 17.2 Å². The molecule has 0 radical (unpaired) electrons. The molecule has 2 N–H and O–H groups in total. The number of rotatable bonds is 6. The number of nitrogens with zero attached hydrogens (tertiary/aromatic N) is 1. The largest absolute Gasteiger partial charge is 0.492 e. The summed E-state index contributed by atoms with van der Waals surface area (Å²) in [6.07, 6.45) is 4.71. The van der Waals surface area contributed by atoms with E-state index in [0.717, 1.165) is 11.2 Å². The van der Waals surface area contributed by atoms with Crippen molar-refractivity contribution < 1.29 is 18.8 Å². The molecule has 1 amide bonds. The number of H-pyrrole nitrogens is 1. The second-order valence-corrected chi connectivity index (χ2v) is 9.99. The van der Waals surface area contributed by atoms with E-state index in [9.17, 15) is 4.79 Å². The number of hydrogen-bond acceptors (Lipinski definition) is 5. The topological polar surface area (TPSA) is 85.5 Å². The first-order valence-corrected chi connectivity index (χ1v) is 11.9. The van der Waals surface area contributed by atoms with Gasteiger partial charge in [0.25, 0.3) is 0 Å². The first-order valence-electron chi connectivity index (χ1n) is 11.9. The number of nitrogens with one attached hydrogen (secondary N) is 2. The van der Waals surface area contributed by atoms with Gasteiger partial charge in [0.05, 0.1) is 29.4 Å². The summed E-state index contributed by atoms with van der Waals surface area (Å²) in [7, 11) is -0.600. The molecule has 3 aromatic rings. The molecule has 0 atom stereocenters. The van der Waals surface area contributed by atoms with Crippen LogP contribution >= 0.6 is 0 Å². The van der Waals surface area contributed by atoms with Crippen molar-refractivity contribution in [1.82, 2.24) is 15.3 Å². The van der Waals surface area contributed by atoms with Crippen molar-refractivity contribution >= 4 is 19.3 Å². The molecule has 1 fully saturated rings. The Hall–Kier alpha value is -3.36. The normalized spacial score (nSPS) is 18.3. The summed E-state index contributed by atoms with van der Waals surface area (Å²) in [4.78, 5) is 19.9. The molecule has 2 aromatic carbocycles. The van der Waals surface area contributed by atoms with Gasteiger partial charge in [-0.05, 0) is 61.5 Å². The zero-order valence-electron chi connectivity index (χ0n) is 20.5. The average Bonchev–Trinajstić information content (AvgIpc) is 3.50. The number of imidazole rings is 1. The number of carbonyl (C=O) groups excluding carboxylic acids is 1. The van der Waals surface area contributed by atoms with Crippen LogP contribution in [0.2, 0.25) is 0 Å². The highest BCUT2D eigenvalue weighted by Crippen LogP contribution is 2.44. The average molecular weight is 471 g/mol. The Balaban J connectivity index is 1.26. The number of carbonyl (C=O) groups is 1. The van der Waals surface area contributed by atoms with Crippen molar-refractivity contribution in [3.05, 3.63) is 83.3 Å². The first-order chi connectivity index (χ1) is 16.7. The SMILES string of the molecule is CC1(C)OB(C(=Cc2cnc[nH]2)CNC(=O)OCC2c3ccccc3-c3ccccc32)OC1(C)C. The van der Waals surface area contributed by atoms with Gasteiger partial charge in [0.15, 0.2) is 0 Å². The van der Waals surface area contributed by atoms with Gasteiger partial charge in [0, 0.05) is 12.5 Å². The molecule has 7 nitrogen and oxygen atoms in total. The van der Waals surface area contributed by atoms with E-state index in [0.29, 0.717) is 0 Å². The number of benzene rings is 2. The molecule has 2 aliphatic rings. The molecule has 1 aromatic heterocycles. The third kappa shape index (κ3) is 4.51. The van der Waals surface area contributed by atoms with Crippen molar-refractivity contribution in [2.45, 2.75) is 44.8 Å². The molecular formula is C27H30BN3O4. The van der Waals surface area contributed by atoms with Crippen molar-refractivity contribution in [2.24, 2.45) is 0 Å². The van der Waals surface area contributed by atoms with E-state index >= 15 is 0 Å². The molecule has 1 aliphatic heterocycles. The van der Waals surface area contributed by atoms with Gasteiger partial charge in [-0.25, -0.2) is 9.78 Å². The molecule has 0 saturated carbocycles. The second-order valence-electron chi connectivity index (χ2n) is 9.99. The van der Waals surface area contributed by atoms with E-state index in [2.05, 4.69) is 39.6 Å². The summed E-state index contributed by atoms with van der Waals surface area (Å²) in [6.45, 7) is 8.47. The molecule has 5 rings (SSSR count). The molecular weight excluding hydrogens is 441 g/mol. The lowest BCUT2D eigenvalue weighted by molar-refractivity contribution is 0.00578. The van der Waals surface area contributed by atoms with Crippen molar-refractivity contribution in [1.29, 1.82) is 0 Å². The molecule has 8 heteroatoms. The van der Waals surface area contributed by atoms with Crippen LogP contribution in [0.5, 0.6) is 0 Å². The van der Waals surface area contributed by atoms with Gasteiger partial charge in [-0.3, -0.25) is 0 Å². The summed E-state index contributed by atoms with van der Waals surface area (Å²) in [5.74, 6) is 0.0104. The smallest absolute Gasteiger partial charge is 0.449 e. The van der Waals surface area contributed by atoms with Gasteiger partial charge in [-0.1, -0.05) is 48.5 Å². The first kappa shape index (κ1) is 23.4. The lowest BCUT2D eigenvalue weighted by Crippen LogP contribution is -2.41. The van der Waals surface area contributed by atoms with E-state index in [-0.39, 0.29) is 19.1 Å². The van der Waals surface area contributed by atoms with Crippen molar-refractivity contribution in [3.8, 4) is 11.1 Å². The molecule has 1 aliphatic carbocycles. The monoisotopic (exact) mass is 471 g/mol. The maximum atomic E-state index is 12.7. The maximum absolute atomic E-state index is 12.7. The fourth-order valence-corrected chi connectivity index (χ4v) is 4.57. The summed E-state index contributed by atoms with van der Waals surface area (Å²) >= 11 is 0. The Morgan fingerprint density at radius 1 is 1.06 bits per heavy atom. The van der Waals surface area contributed by atoms with E-state index in [4.69, 9.17) is 14.0 Å². The number of fused-ring (bicyclic) bond motifs is 3. The van der Waals surface area contributed by atoms with E-state index in [1.54, 1.807) is 12.5 Å². The van der Waals surface area contributed by atoms with E-state index < -0.39 is 24.4 Å². The van der Waals surface area contributed by atoms with Gasteiger partial charge < -0.3 is 24.3 Å². The van der Waals surface area contributed by atoms with Crippen molar-refractivity contribution in [3.63, 3.8) is 0 Å².